The summed E-state index contributed by atoms with van der Waals surface area (Å²) < 4.78 is 1.56. The van der Waals surface area contributed by atoms with Gasteiger partial charge in [-0.1, -0.05) is 35.3 Å². The molecule has 0 unspecified atom stereocenters. The maximum Gasteiger partial charge on any atom is 0.318 e. The van der Waals surface area contributed by atoms with Crippen molar-refractivity contribution < 1.29 is 4.79 Å². The molecule has 0 bridgehead atoms. The Morgan fingerprint density at radius 3 is 2.80 bits per heavy atom. The van der Waals surface area contributed by atoms with Crippen LogP contribution in [0.1, 0.15) is 36.3 Å². The number of aromatic nitrogens is 1. The molecule has 160 valence electrons. The number of nitrogens with one attached hydrogen (secondary N) is 2. The number of halogens is 2. The molecule has 1 saturated heterocycles. The summed E-state index contributed by atoms with van der Waals surface area (Å²) in [5.41, 5.74) is 1.78. The number of aryl methyl sites for hydroxylation is 1. The summed E-state index contributed by atoms with van der Waals surface area (Å²) >= 11 is 12.5. The summed E-state index contributed by atoms with van der Waals surface area (Å²) in [7, 11) is 1.74. The van der Waals surface area contributed by atoms with Crippen LogP contribution in [0.25, 0.3) is 0 Å². The first-order valence-electron chi connectivity index (χ1n) is 10.3. The van der Waals surface area contributed by atoms with E-state index >= 15 is 0 Å². The quantitative estimate of drug-likeness (QED) is 0.735. The van der Waals surface area contributed by atoms with Gasteiger partial charge in [-0.15, -0.1) is 0 Å². The molecule has 6 nitrogen and oxygen atoms in total. The predicted octanol–water partition coefficient (Wildman–Crippen LogP) is 3.51. The topological polar surface area (TPSA) is 66.4 Å². The summed E-state index contributed by atoms with van der Waals surface area (Å²) in [4.78, 5) is 27.2. The van der Waals surface area contributed by atoms with E-state index in [1.54, 1.807) is 29.9 Å². The van der Waals surface area contributed by atoms with Gasteiger partial charge in [-0.05, 0) is 49.1 Å². The lowest BCUT2D eigenvalue weighted by atomic mass is 9.86. The van der Waals surface area contributed by atoms with E-state index in [2.05, 4.69) is 10.6 Å². The fraction of sp³-hybridized carbons (Fsp3) is 0.455. The van der Waals surface area contributed by atoms with Gasteiger partial charge in [0.05, 0.1) is 10.0 Å². The molecule has 2 atom stereocenters. The van der Waals surface area contributed by atoms with Crippen molar-refractivity contribution in [2.75, 3.05) is 13.1 Å². The third-order valence-corrected chi connectivity index (χ3v) is 6.83. The fourth-order valence-corrected chi connectivity index (χ4v) is 4.43. The van der Waals surface area contributed by atoms with Crippen molar-refractivity contribution in [3.05, 3.63) is 68.1 Å². The Balaban J connectivity index is 1.51. The van der Waals surface area contributed by atoms with Crippen LogP contribution in [-0.4, -0.2) is 40.7 Å². The third kappa shape index (κ3) is 4.66. The molecule has 4 rings (SSSR count). The van der Waals surface area contributed by atoms with Gasteiger partial charge in [0.1, 0.15) is 0 Å². The van der Waals surface area contributed by atoms with Crippen LogP contribution >= 0.6 is 23.2 Å². The lowest BCUT2D eigenvalue weighted by Gasteiger charge is -2.35. The number of benzene rings is 1. The van der Waals surface area contributed by atoms with Crippen molar-refractivity contribution in [2.45, 2.75) is 43.8 Å². The molecule has 2 amide bonds. The second-order valence-corrected chi connectivity index (χ2v) is 8.92. The Morgan fingerprint density at radius 1 is 1.27 bits per heavy atom. The van der Waals surface area contributed by atoms with E-state index in [9.17, 15) is 9.59 Å². The highest BCUT2D eigenvalue weighted by atomic mass is 35.5. The second kappa shape index (κ2) is 9.00. The lowest BCUT2D eigenvalue weighted by molar-refractivity contribution is 0.183. The number of hydrogen-bond acceptors (Lipinski definition) is 3. The zero-order valence-electron chi connectivity index (χ0n) is 16.9. The number of nitrogens with zero attached hydrogens (tertiary/aromatic N) is 2. The molecule has 0 spiro atoms. The molecule has 1 aromatic carbocycles. The van der Waals surface area contributed by atoms with Crippen LogP contribution in [0.15, 0.2) is 41.3 Å². The van der Waals surface area contributed by atoms with Crippen molar-refractivity contribution in [2.24, 2.45) is 7.05 Å². The van der Waals surface area contributed by atoms with Crippen molar-refractivity contribution in [1.29, 1.82) is 0 Å². The summed E-state index contributed by atoms with van der Waals surface area (Å²) in [6, 6.07) is 9.19. The standard InChI is InChI=1S/C22H26Cl2N4O2/c1-27-10-8-14(11-20(27)29)17-7-9-25-12-19(17)26-22(30)28(16-5-6-16)13-15-3-2-4-18(23)21(15)24/h2-4,8,10-11,16-17,19,25H,5-7,9,12-13H2,1H3,(H,26,30)/t17-,19+/m0/s1. The zero-order chi connectivity index (χ0) is 21.3. The van der Waals surface area contributed by atoms with E-state index in [-0.39, 0.29) is 29.6 Å². The van der Waals surface area contributed by atoms with E-state index in [0.29, 0.717) is 23.1 Å². The molecule has 30 heavy (non-hydrogen) atoms. The molecular formula is C22H26Cl2N4O2. The first-order chi connectivity index (χ1) is 14.4. The average Bonchev–Trinajstić information content (AvgIpc) is 3.56. The van der Waals surface area contributed by atoms with Crippen LogP contribution in [0.3, 0.4) is 0 Å². The van der Waals surface area contributed by atoms with Crippen molar-refractivity contribution in [1.82, 2.24) is 20.1 Å². The molecule has 1 aromatic heterocycles. The zero-order valence-corrected chi connectivity index (χ0v) is 18.4. The number of piperidine rings is 1. The Labute approximate surface area is 186 Å². The Kier molecular flexibility index (Phi) is 6.37. The van der Waals surface area contributed by atoms with Crippen LogP contribution in [0.2, 0.25) is 10.0 Å². The second-order valence-electron chi connectivity index (χ2n) is 8.14. The number of rotatable bonds is 5. The lowest BCUT2D eigenvalue weighted by Crippen LogP contribution is -2.53. The minimum absolute atomic E-state index is 0.0358. The number of carbonyl (C=O) groups excluding carboxylic acids is 1. The van der Waals surface area contributed by atoms with Gasteiger partial charge in [-0.2, -0.15) is 0 Å². The SMILES string of the molecule is Cn1ccc([C@@H]2CCNC[C@H]2NC(=O)N(Cc2cccc(Cl)c2Cl)C2CC2)cc1=O. The number of carbonyl (C=O) groups is 1. The van der Waals surface area contributed by atoms with E-state index in [4.69, 9.17) is 23.2 Å². The first-order valence-corrected chi connectivity index (χ1v) is 11.1. The molecular weight excluding hydrogens is 423 g/mol. The highest BCUT2D eigenvalue weighted by molar-refractivity contribution is 6.42. The van der Waals surface area contributed by atoms with Crippen LogP contribution < -0.4 is 16.2 Å². The van der Waals surface area contributed by atoms with Gasteiger partial charge < -0.3 is 20.1 Å². The van der Waals surface area contributed by atoms with Crippen LogP contribution in [0.5, 0.6) is 0 Å². The van der Waals surface area contributed by atoms with Gasteiger partial charge in [0.2, 0.25) is 0 Å². The molecule has 2 aliphatic rings. The van der Waals surface area contributed by atoms with Gasteiger partial charge in [-0.25, -0.2) is 4.79 Å². The number of pyridine rings is 1. The Hall–Kier alpha value is -2.02. The largest absolute Gasteiger partial charge is 0.333 e. The summed E-state index contributed by atoms with van der Waals surface area (Å²) in [6.45, 7) is 1.95. The molecule has 2 fully saturated rings. The Bertz CT molecular complexity index is 989. The smallest absolute Gasteiger partial charge is 0.318 e. The minimum Gasteiger partial charge on any atom is -0.333 e. The molecule has 1 aliphatic carbocycles. The number of urea groups is 1. The van der Waals surface area contributed by atoms with E-state index in [1.165, 1.54) is 0 Å². The molecule has 2 aromatic rings. The number of amides is 2. The van der Waals surface area contributed by atoms with Gasteiger partial charge in [-0.3, -0.25) is 4.79 Å². The maximum absolute atomic E-state index is 13.2. The van der Waals surface area contributed by atoms with Crippen LogP contribution in [0, 0.1) is 0 Å². The van der Waals surface area contributed by atoms with E-state index in [0.717, 1.165) is 36.9 Å². The molecule has 1 saturated carbocycles. The molecule has 2 heterocycles. The summed E-state index contributed by atoms with van der Waals surface area (Å²) in [6.07, 6.45) is 4.64. The van der Waals surface area contributed by atoms with Crippen LogP contribution in [-0.2, 0) is 13.6 Å². The van der Waals surface area contributed by atoms with E-state index in [1.807, 2.05) is 23.1 Å². The highest BCUT2D eigenvalue weighted by Crippen LogP contribution is 2.32. The highest BCUT2D eigenvalue weighted by Gasteiger charge is 2.36. The molecule has 8 heteroatoms. The van der Waals surface area contributed by atoms with Crippen molar-refractivity contribution in [3.63, 3.8) is 0 Å². The monoisotopic (exact) mass is 448 g/mol. The van der Waals surface area contributed by atoms with Gasteiger partial charge in [0.25, 0.3) is 5.56 Å². The van der Waals surface area contributed by atoms with Crippen LogP contribution in [0.4, 0.5) is 4.79 Å². The third-order valence-electron chi connectivity index (χ3n) is 5.97. The fourth-order valence-electron chi connectivity index (χ4n) is 4.05. The first kappa shape index (κ1) is 21.2. The van der Waals surface area contributed by atoms with Crippen molar-refractivity contribution in [3.8, 4) is 0 Å². The number of hydrogen-bond donors (Lipinski definition) is 2. The normalized spacial score (nSPS) is 21.3. The predicted molar refractivity (Wildman–Crippen MR) is 119 cm³/mol. The molecule has 0 radical (unpaired) electrons. The van der Waals surface area contributed by atoms with Gasteiger partial charge in [0, 0.05) is 50.4 Å². The Morgan fingerprint density at radius 2 is 2.07 bits per heavy atom. The summed E-state index contributed by atoms with van der Waals surface area (Å²) in [5, 5.41) is 7.57. The maximum atomic E-state index is 13.2. The molecule has 2 N–H and O–H groups in total. The van der Waals surface area contributed by atoms with Crippen molar-refractivity contribution >= 4 is 29.2 Å². The minimum atomic E-state index is -0.101. The summed E-state index contributed by atoms with van der Waals surface area (Å²) in [5.74, 6) is 0.0971. The van der Waals surface area contributed by atoms with Gasteiger partial charge in [0.15, 0.2) is 0 Å². The average molecular weight is 449 g/mol. The molecule has 1 aliphatic heterocycles. The van der Waals surface area contributed by atoms with E-state index < -0.39 is 0 Å². The van der Waals surface area contributed by atoms with Gasteiger partial charge >= 0.3 is 6.03 Å².